The Hall–Kier alpha value is 0.460. The Labute approximate surface area is 107 Å². The molecule has 0 N–H and O–H groups in total. The van der Waals surface area contributed by atoms with Gasteiger partial charge in [0.05, 0.1) is 10.0 Å². The highest BCUT2D eigenvalue weighted by Crippen LogP contribution is 2.31. The molecular formula is C10H10Cl2OS2. The van der Waals surface area contributed by atoms with Crippen LogP contribution in [0.5, 0.6) is 0 Å². The van der Waals surface area contributed by atoms with Gasteiger partial charge in [-0.2, -0.15) is 11.8 Å². The molecule has 82 valence electrons. The molecule has 2 atom stereocenters. The normalized spacial score (nSPS) is 23.0. The van der Waals surface area contributed by atoms with Crippen LogP contribution < -0.4 is 0 Å². The molecule has 1 aliphatic heterocycles. The summed E-state index contributed by atoms with van der Waals surface area (Å²) < 4.78 is 12.1. The van der Waals surface area contributed by atoms with Gasteiger partial charge in [-0.05, 0) is 29.1 Å². The fourth-order valence-electron chi connectivity index (χ4n) is 1.48. The van der Waals surface area contributed by atoms with Crippen molar-refractivity contribution in [2.75, 3.05) is 11.5 Å². The summed E-state index contributed by atoms with van der Waals surface area (Å²) in [7, 11) is 0. The van der Waals surface area contributed by atoms with Gasteiger partial charge in [0.1, 0.15) is 5.25 Å². The van der Waals surface area contributed by atoms with Crippen LogP contribution in [-0.2, 0) is 11.2 Å². The van der Waals surface area contributed by atoms with Gasteiger partial charge in [0.15, 0.2) is 4.90 Å². The van der Waals surface area contributed by atoms with Crippen LogP contribution >= 0.6 is 35.0 Å². The third-order valence-corrected chi connectivity index (χ3v) is 6.15. The van der Waals surface area contributed by atoms with Gasteiger partial charge in [0.25, 0.3) is 0 Å². The third kappa shape index (κ3) is 2.77. The SMILES string of the molecule is [O-][S+](c1ccc(Cl)c(Cl)c1)C1CCSC1. The maximum Gasteiger partial charge on any atom is 0.154 e. The van der Waals surface area contributed by atoms with Crippen molar-refractivity contribution in [3.8, 4) is 0 Å². The fraction of sp³-hybridized carbons (Fsp3) is 0.400. The summed E-state index contributed by atoms with van der Waals surface area (Å²) in [6, 6.07) is 5.22. The summed E-state index contributed by atoms with van der Waals surface area (Å²) in [5.74, 6) is 2.09. The van der Waals surface area contributed by atoms with Crippen molar-refractivity contribution in [2.24, 2.45) is 0 Å². The summed E-state index contributed by atoms with van der Waals surface area (Å²) in [6.07, 6.45) is 1.03. The number of halogens is 2. The first-order valence-electron chi connectivity index (χ1n) is 4.62. The second kappa shape index (κ2) is 5.19. The van der Waals surface area contributed by atoms with E-state index in [1.54, 1.807) is 18.2 Å². The van der Waals surface area contributed by atoms with Gasteiger partial charge in [-0.1, -0.05) is 23.2 Å². The van der Waals surface area contributed by atoms with Gasteiger partial charge in [0, 0.05) is 18.2 Å². The van der Waals surface area contributed by atoms with Gasteiger partial charge >= 0.3 is 0 Å². The van der Waals surface area contributed by atoms with E-state index in [2.05, 4.69) is 0 Å². The van der Waals surface area contributed by atoms with E-state index >= 15 is 0 Å². The van der Waals surface area contributed by atoms with E-state index in [0.717, 1.165) is 22.8 Å². The lowest BCUT2D eigenvalue weighted by atomic mass is 10.4. The number of thioether (sulfide) groups is 1. The lowest BCUT2D eigenvalue weighted by Crippen LogP contribution is -2.20. The molecule has 1 nitrogen and oxygen atoms in total. The molecule has 1 aliphatic rings. The maximum absolute atomic E-state index is 12.1. The predicted molar refractivity (Wildman–Crippen MR) is 68.6 cm³/mol. The van der Waals surface area contributed by atoms with Gasteiger partial charge in [-0.3, -0.25) is 0 Å². The second-order valence-electron chi connectivity index (χ2n) is 3.36. The largest absolute Gasteiger partial charge is 0.611 e. The summed E-state index contributed by atoms with van der Waals surface area (Å²) in [6.45, 7) is 0. The van der Waals surface area contributed by atoms with Crippen LogP contribution in [0.3, 0.4) is 0 Å². The highest BCUT2D eigenvalue weighted by Gasteiger charge is 2.28. The number of hydrogen-bond acceptors (Lipinski definition) is 2. The molecule has 15 heavy (non-hydrogen) atoms. The first-order chi connectivity index (χ1) is 7.18. The highest BCUT2D eigenvalue weighted by atomic mass is 35.5. The standard InChI is InChI=1S/C10H10Cl2OS2/c11-9-2-1-7(5-10(9)12)15(13)8-3-4-14-6-8/h1-2,5,8H,3-4,6H2. The molecule has 0 spiro atoms. The monoisotopic (exact) mass is 280 g/mol. The molecule has 1 aromatic carbocycles. The molecule has 2 unspecified atom stereocenters. The highest BCUT2D eigenvalue weighted by molar-refractivity contribution is 8.01. The first kappa shape index (κ1) is 11.9. The Bertz CT molecular complexity index is 353. The quantitative estimate of drug-likeness (QED) is 0.773. The molecule has 1 fully saturated rings. The second-order valence-corrected chi connectivity index (χ2v) is 7.06. The van der Waals surface area contributed by atoms with Crippen molar-refractivity contribution in [1.29, 1.82) is 0 Å². The van der Waals surface area contributed by atoms with E-state index in [4.69, 9.17) is 23.2 Å². The Morgan fingerprint density at radius 1 is 1.33 bits per heavy atom. The molecular weight excluding hydrogens is 271 g/mol. The summed E-state index contributed by atoms with van der Waals surface area (Å²) in [4.78, 5) is 0.789. The average Bonchev–Trinajstić information content (AvgIpc) is 2.74. The zero-order valence-corrected chi connectivity index (χ0v) is 11.1. The summed E-state index contributed by atoms with van der Waals surface area (Å²) >= 11 is 12.6. The molecule has 0 amide bonds. The molecule has 0 aliphatic carbocycles. The topological polar surface area (TPSA) is 23.1 Å². The van der Waals surface area contributed by atoms with Gasteiger partial charge < -0.3 is 4.55 Å². The Kier molecular flexibility index (Phi) is 4.13. The average molecular weight is 281 g/mol. The molecule has 0 aromatic heterocycles. The van der Waals surface area contributed by atoms with Crippen LogP contribution in [0.2, 0.25) is 10.0 Å². The molecule has 0 saturated carbocycles. The number of benzene rings is 1. The van der Waals surface area contributed by atoms with Crippen LogP contribution in [-0.4, -0.2) is 21.3 Å². The van der Waals surface area contributed by atoms with Crippen LogP contribution in [0.1, 0.15) is 6.42 Å². The fourth-order valence-corrected chi connectivity index (χ4v) is 4.97. The van der Waals surface area contributed by atoms with Crippen LogP contribution in [0.25, 0.3) is 0 Å². The van der Waals surface area contributed by atoms with E-state index < -0.39 is 11.2 Å². The van der Waals surface area contributed by atoms with Crippen molar-refractivity contribution in [2.45, 2.75) is 16.6 Å². The number of rotatable bonds is 2. The maximum atomic E-state index is 12.1. The number of hydrogen-bond donors (Lipinski definition) is 0. The molecule has 1 heterocycles. The van der Waals surface area contributed by atoms with E-state index in [-0.39, 0.29) is 5.25 Å². The van der Waals surface area contributed by atoms with Gasteiger partial charge in [-0.25, -0.2) is 0 Å². The van der Waals surface area contributed by atoms with E-state index in [9.17, 15) is 4.55 Å². The lowest BCUT2D eigenvalue weighted by Gasteiger charge is -2.16. The van der Waals surface area contributed by atoms with Crippen molar-refractivity contribution in [1.82, 2.24) is 0 Å². The predicted octanol–water partition coefficient (Wildman–Crippen LogP) is 3.61. The minimum atomic E-state index is -0.941. The van der Waals surface area contributed by atoms with Crippen LogP contribution in [0.15, 0.2) is 23.1 Å². The Morgan fingerprint density at radius 3 is 2.73 bits per heavy atom. The Balaban J connectivity index is 2.17. The minimum absolute atomic E-state index is 0.271. The molecule has 0 bridgehead atoms. The van der Waals surface area contributed by atoms with Gasteiger partial charge in [0.2, 0.25) is 0 Å². The van der Waals surface area contributed by atoms with Crippen LogP contribution in [0, 0.1) is 0 Å². The first-order valence-corrected chi connectivity index (χ1v) is 7.74. The molecule has 5 heteroatoms. The zero-order chi connectivity index (χ0) is 10.8. The molecule has 1 aromatic rings. The van der Waals surface area contributed by atoms with Crippen LogP contribution in [0.4, 0.5) is 0 Å². The van der Waals surface area contributed by atoms with Crippen molar-refractivity contribution in [3.05, 3.63) is 28.2 Å². The van der Waals surface area contributed by atoms with E-state index in [1.165, 1.54) is 0 Å². The van der Waals surface area contributed by atoms with E-state index in [0.29, 0.717) is 10.0 Å². The van der Waals surface area contributed by atoms with Gasteiger partial charge in [-0.15, -0.1) is 0 Å². The smallest absolute Gasteiger partial charge is 0.154 e. The summed E-state index contributed by atoms with van der Waals surface area (Å²) in [5.41, 5.74) is 0. The zero-order valence-electron chi connectivity index (χ0n) is 7.91. The Morgan fingerprint density at radius 2 is 2.13 bits per heavy atom. The minimum Gasteiger partial charge on any atom is -0.611 e. The lowest BCUT2D eigenvalue weighted by molar-refractivity contribution is 0.583. The third-order valence-electron chi connectivity index (χ3n) is 2.31. The van der Waals surface area contributed by atoms with Crippen molar-refractivity contribution in [3.63, 3.8) is 0 Å². The summed E-state index contributed by atoms with van der Waals surface area (Å²) in [5, 5.41) is 1.26. The molecule has 1 saturated heterocycles. The van der Waals surface area contributed by atoms with Crippen molar-refractivity contribution < 1.29 is 4.55 Å². The van der Waals surface area contributed by atoms with Crippen molar-refractivity contribution >= 4 is 46.1 Å². The van der Waals surface area contributed by atoms with E-state index in [1.807, 2.05) is 11.8 Å². The molecule has 0 radical (unpaired) electrons. The molecule has 2 rings (SSSR count).